The van der Waals surface area contributed by atoms with E-state index >= 15 is 0 Å². The molecule has 0 bridgehead atoms. The van der Waals surface area contributed by atoms with Crippen LogP contribution in [0, 0.1) is 0 Å². The number of carbonyl (C=O) groups excluding carboxylic acids is 1. The van der Waals surface area contributed by atoms with Crippen molar-refractivity contribution in [3.05, 3.63) is 12.2 Å². The van der Waals surface area contributed by atoms with Crippen molar-refractivity contribution < 1.29 is 26.4 Å². The van der Waals surface area contributed by atoms with Crippen molar-refractivity contribution in [1.82, 2.24) is 0 Å². The fourth-order valence-electron chi connectivity index (χ4n) is 0.976. The zero-order valence-corrected chi connectivity index (χ0v) is 10.9. The highest BCUT2D eigenvalue weighted by Crippen LogP contribution is 1.99. The number of quaternary nitrogens is 1. The Hall–Kier alpha value is -0.540. The maximum atomic E-state index is 11.0. The summed E-state index contributed by atoms with van der Waals surface area (Å²) in [7, 11) is 6.46. The van der Waals surface area contributed by atoms with E-state index in [2.05, 4.69) is 27.7 Å². The molecule has 0 aliphatic carbocycles. The lowest BCUT2D eigenvalue weighted by molar-refractivity contribution is -0.870. The Balaban J connectivity index is 0. The van der Waals surface area contributed by atoms with Gasteiger partial charge in [-0.1, -0.05) is 6.58 Å². The topological polar surface area (TPSA) is 26.3 Å². The minimum Gasteiger partial charge on any atom is -1.00 e. The monoisotopic (exact) mass is 235 g/mol. The Morgan fingerprint density at radius 2 is 1.80 bits per heavy atom. The average molecular weight is 236 g/mol. The molecular weight excluding hydrogens is 214 g/mol. The molecule has 0 spiro atoms. The van der Waals surface area contributed by atoms with Crippen molar-refractivity contribution in [1.29, 1.82) is 0 Å². The first-order chi connectivity index (χ1) is 6.33. The summed E-state index contributed by atoms with van der Waals surface area (Å²) in [5.74, 6) is -0.282. The van der Waals surface area contributed by atoms with Gasteiger partial charge in [0.15, 0.2) is 0 Å². The first-order valence-corrected chi connectivity index (χ1v) is 4.96. The summed E-state index contributed by atoms with van der Waals surface area (Å²) in [5, 5.41) is 0. The maximum absolute atomic E-state index is 11.0. The first-order valence-electron chi connectivity index (χ1n) is 4.96. The van der Waals surface area contributed by atoms with Gasteiger partial charge in [0.2, 0.25) is 0 Å². The normalized spacial score (nSPS) is 10.4. The molecule has 0 aromatic rings. The second-order valence-electron chi connectivity index (χ2n) is 4.64. The van der Waals surface area contributed by atoms with Gasteiger partial charge < -0.3 is 21.6 Å². The lowest BCUT2D eigenvalue weighted by Gasteiger charge is -2.23. The lowest BCUT2D eigenvalue weighted by atomic mass is 10.3. The highest BCUT2D eigenvalue weighted by molar-refractivity contribution is 5.86. The van der Waals surface area contributed by atoms with Gasteiger partial charge in [0, 0.05) is 5.57 Å². The molecule has 90 valence electrons. The maximum Gasteiger partial charge on any atom is 0.333 e. The molecule has 0 amide bonds. The summed E-state index contributed by atoms with van der Waals surface area (Å²) in [5.41, 5.74) is 0.469. The zero-order valence-electron chi connectivity index (χ0n) is 10.2. The van der Waals surface area contributed by atoms with Crippen molar-refractivity contribution in [3.63, 3.8) is 0 Å². The third-order valence-electron chi connectivity index (χ3n) is 1.80. The van der Waals surface area contributed by atoms with Crippen molar-refractivity contribution in [3.8, 4) is 0 Å². The number of hydrogen-bond donors (Lipinski definition) is 0. The van der Waals surface area contributed by atoms with Crippen LogP contribution < -0.4 is 12.4 Å². The van der Waals surface area contributed by atoms with Crippen LogP contribution in [0.5, 0.6) is 0 Å². The van der Waals surface area contributed by atoms with E-state index in [4.69, 9.17) is 4.74 Å². The van der Waals surface area contributed by atoms with Gasteiger partial charge in [0.1, 0.15) is 0 Å². The number of nitrogens with zero attached hydrogens (tertiary/aromatic N) is 1. The van der Waals surface area contributed by atoms with Gasteiger partial charge in [-0.15, -0.1) is 0 Å². The highest BCUT2D eigenvalue weighted by Gasteiger charge is 2.06. The summed E-state index contributed by atoms with van der Waals surface area (Å²) < 4.78 is 5.93. The number of hydrogen-bond acceptors (Lipinski definition) is 2. The Labute approximate surface area is 99.1 Å². The lowest BCUT2D eigenvalue weighted by Crippen LogP contribution is -3.00. The Morgan fingerprint density at radius 3 is 2.20 bits per heavy atom. The molecule has 3 nitrogen and oxygen atoms in total. The van der Waals surface area contributed by atoms with E-state index in [1.165, 1.54) is 0 Å². The standard InChI is InChI=1S/C11H22NO2.ClH/c1-10(2)11(13)14-9-7-6-8-12(3,4)5;/h1,6-9H2,2-5H3;1H/q+1;/p-1. The second kappa shape index (κ2) is 7.71. The Morgan fingerprint density at radius 1 is 1.27 bits per heavy atom. The molecule has 0 fully saturated rings. The van der Waals surface area contributed by atoms with Crippen molar-refractivity contribution in [2.75, 3.05) is 34.3 Å². The molecule has 0 heterocycles. The minimum atomic E-state index is -0.282. The molecule has 0 radical (unpaired) electrons. The van der Waals surface area contributed by atoms with E-state index in [1.54, 1.807) is 6.92 Å². The molecule has 15 heavy (non-hydrogen) atoms. The third-order valence-corrected chi connectivity index (χ3v) is 1.80. The molecule has 0 saturated heterocycles. The van der Waals surface area contributed by atoms with Crippen LogP contribution in [0.3, 0.4) is 0 Å². The molecule has 0 aliphatic rings. The summed E-state index contributed by atoms with van der Waals surface area (Å²) in [4.78, 5) is 11.0. The molecule has 4 heteroatoms. The third kappa shape index (κ3) is 11.4. The summed E-state index contributed by atoms with van der Waals surface area (Å²) in [6.45, 7) is 6.78. The number of unbranched alkanes of at least 4 members (excludes halogenated alkanes) is 1. The number of carbonyl (C=O) groups is 1. The second-order valence-corrected chi connectivity index (χ2v) is 4.64. The molecule has 0 saturated carbocycles. The van der Waals surface area contributed by atoms with Gasteiger partial charge in [-0.2, -0.15) is 0 Å². The Kier molecular flexibility index (Phi) is 8.68. The largest absolute Gasteiger partial charge is 1.00 e. The van der Waals surface area contributed by atoms with Gasteiger partial charge in [-0.25, -0.2) is 4.79 Å². The molecule has 0 unspecified atom stereocenters. The fourth-order valence-corrected chi connectivity index (χ4v) is 0.976. The number of halogens is 1. The van der Waals surface area contributed by atoms with Gasteiger partial charge in [0.25, 0.3) is 0 Å². The van der Waals surface area contributed by atoms with E-state index in [0.717, 1.165) is 23.9 Å². The van der Waals surface area contributed by atoms with Gasteiger partial charge in [-0.05, 0) is 19.8 Å². The summed E-state index contributed by atoms with van der Waals surface area (Å²) in [6.07, 6.45) is 2.00. The molecule has 0 N–H and O–H groups in total. The summed E-state index contributed by atoms with van der Waals surface area (Å²) >= 11 is 0. The molecule has 0 atom stereocenters. The predicted octanol–water partition coefficient (Wildman–Crippen LogP) is -1.40. The van der Waals surface area contributed by atoms with Crippen LogP contribution in [0.1, 0.15) is 19.8 Å². The highest BCUT2D eigenvalue weighted by atomic mass is 35.5. The number of esters is 1. The van der Waals surface area contributed by atoms with E-state index in [9.17, 15) is 4.79 Å². The van der Waals surface area contributed by atoms with E-state index in [-0.39, 0.29) is 18.4 Å². The predicted molar refractivity (Wildman–Crippen MR) is 57.9 cm³/mol. The number of rotatable bonds is 6. The van der Waals surface area contributed by atoms with Crippen LogP contribution in [-0.4, -0.2) is 44.7 Å². The van der Waals surface area contributed by atoms with Crippen LogP contribution >= 0.6 is 0 Å². The minimum absolute atomic E-state index is 0. The van der Waals surface area contributed by atoms with Crippen molar-refractivity contribution in [2.24, 2.45) is 0 Å². The first kappa shape index (κ1) is 16.9. The Bertz CT molecular complexity index is 209. The van der Waals surface area contributed by atoms with Crippen LogP contribution in [0.4, 0.5) is 0 Å². The fraction of sp³-hybridized carbons (Fsp3) is 0.727. The van der Waals surface area contributed by atoms with Crippen LogP contribution in [0.25, 0.3) is 0 Å². The van der Waals surface area contributed by atoms with Gasteiger partial charge >= 0.3 is 5.97 Å². The SMILES string of the molecule is C=C(C)C(=O)OCCCC[N+](C)(C)C.[Cl-]. The zero-order chi connectivity index (χ0) is 11.2. The van der Waals surface area contributed by atoms with Crippen LogP contribution in [0.15, 0.2) is 12.2 Å². The molecular formula is C11H22ClNO2. The van der Waals surface area contributed by atoms with E-state index in [1.807, 2.05) is 0 Å². The summed E-state index contributed by atoms with van der Waals surface area (Å²) in [6, 6.07) is 0. The van der Waals surface area contributed by atoms with Crippen LogP contribution in [-0.2, 0) is 9.53 Å². The number of ether oxygens (including phenoxy) is 1. The molecule has 0 aliphatic heterocycles. The van der Waals surface area contributed by atoms with Gasteiger partial charge in [0.05, 0.1) is 34.3 Å². The van der Waals surface area contributed by atoms with Crippen molar-refractivity contribution in [2.45, 2.75) is 19.8 Å². The molecule has 0 rings (SSSR count). The molecule has 0 aromatic carbocycles. The smallest absolute Gasteiger partial charge is 0.333 e. The quantitative estimate of drug-likeness (QED) is 0.245. The molecule has 0 aromatic heterocycles. The van der Waals surface area contributed by atoms with E-state index in [0.29, 0.717) is 12.2 Å². The van der Waals surface area contributed by atoms with Gasteiger partial charge in [-0.3, -0.25) is 0 Å². The average Bonchev–Trinajstić information content (AvgIpc) is 2.01. The van der Waals surface area contributed by atoms with Crippen LogP contribution in [0.2, 0.25) is 0 Å². The van der Waals surface area contributed by atoms with Crippen molar-refractivity contribution >= 4 is 5.97 Å². The van der Waals surface area contributed by atoms with E-state index < -0.39 is 0 Å².